The van der Waals surface area contributed by atoms with Crippen LogP contribution in [-0.4, -0.2) is 33.1 Å². The molecule has 1 aliphatic heterocycles. The smallest absolute Gasteiger partial charge is 0.276 e. The lowest BCUT2D eigenvalue weighted by molar-refractivity contribution is 0.0981. The number of aryl methyl sites for hydroxylation is 1. The van der Waals surface area contributed by atoms with Gasteiger partial charge in [-0.25, -0.2) is 9.37 Å². The number of nitrogens with one attached hydrogen (secondary N) is 1. The third-order valence-corrected chi connectivity index (χ3v) is 8.38. The number of halogens is 1. The number of carbonyl (C=O) groups excluding carboxylic acids is 2. The molecular formula is C32H28FN5O2S. The van der Waals surface area contributed by atoms with Crippen molar-refractivity contribution in [2.45, 2.75) is 33.2 Å². The van der Waals surface area contributed by atoms with E-state index in [1.165, 1.54) is 17.4 Å². The number of rotatable bonds is 5. The van der Waals surface area contributed by atoms with Crippen molar-refractivity contribution in [2.75, 3.05) is 16.8 Å². The van der Waals surface area contributed by atoms with Gasteiger partial charge in [-0.2, -0.15) is 5.10 Å². The molecule has 0 unspecified atom stereocenters. The van der Waals surface area contributed by atoms with Crippen LogP contribution in [0.15, 0.2) is 79.0 Å². The summed E-state index contributed by atoms with van der Waals surface area (Å²) in [7, 11) is 0. The number of benzene rings is 2. The third-order valence-electron chi connectivity index (χ3n) is 7.17. The highest BCUT2D eigenvalue weighted by atomic mass is 32.1. The Labute approximate surface area is 241 Å². The van der Waals surface area contributed by atoms with Gasteiger partial charge in [0.25, 0.3) is 11.8 Å². The van der Waals surface area contributed by atoms with Gasteiger partial charge in [-0.05, 0) is 74.7 Å². The summed E-state index contributed by atoms with van der Waals surface area (Å²) in [5.41, 5.74) is 5.32. The Morgan fingerprint density at radius 1 is 1.02 bits per heavy atom. The second-order valence-corrected chi connectivity index (χ2v) is 11.3. The molecule has 0 radical (unpaired) electrons. The van der Waals surface area contributed by atoms with Gasteiger partial charge in [0, 0.05) is 29.2 Å². The Hall–Kier alpha value is -4.63. The van der Waals surface area contributed by atoms with Crippen LogP contribution in [0, 0.1) is 12.7 Å². The molecule has 0 bridgehead atoms. The number of thiophene rings is 1. The number of nitrogens with zero attached hydrogens (tertiary/aromatic N) is 4. The topological polar surface area (TPSA) is 80.1 Å². The molecule has 2 amide bonds. The normalized spacial score (nSPS) is 12.6. The van der Waals surface area contributed by atoms with Gasteiger partial charge in [-0.1, -0.05) is 36.4 Å². The molecule has 0 aliphatic carbocycles. The van der Waals surface area contributed by atoms with Crippen LogP contribution in [-0.2, 0) is 6.42 Å². The van der Waals surface area contributed by atoms with E-state index < -0.39 is 5.82 Å². The van der Waals surface area contributed by atoms with E-state index in [9.17, 15) is 14.0 Å². The van der Waals surface area contributed by atoms with Crippen LogP contribution in [0.3, 0.4) is 0 Å². The highest BCUT2D eigenvalue weighted by Crippen LogP contribution is 2.42. The van der Waals surface area contributed by atoms with Gasteiger partial charge in [0.2, 0.25) is 0 Å². The van der Waals surface area contributed by atoms with Crippen LogP contribution >= 0.6 is 11.3 Å². The first-order chi connectivity index (χ1) is 19.8. The molecule has 1 aliphatic rings. The molecule has 0 atom stereocenters. The quantitative estimate of drug-likeness (QED) is 0.245. The molecule has 0 fully saturated rings. The summed E-state index contributed by atoms with van der Waals surface area (Å²) in [6, 6.07) is 21.8. The number of pyridine rings is 1. The molecule has 9 heteroatoms. The predicted molar refractivity (Wildman–Crippen MR) is 160 cm³/mol. The Kier molecular flexibility index (Phi) is 6.96. The zero-order chi connectivity index (χ0) is 28.7. The highest BCUT2D eigenvalue weighted by Gasteiger charge is 2.28. The highest BCUT2D eigenvalue weighted by molar-refractivity contribution is 7.17. The second kappa shape index (κ2) is 10.7. The van der Waals surface area contributed by atoms with Crippen molar-refractivity contribution in [3.8, 4) is 21.8 Å². The van der Waals surface area contributed by atoms with Crippen molar-refractivity contribution in [1.82, 2.24) is 14.8 Å². The lowest BCUT2D eigenvalue weighted by Crippen LogP contribution is -2.33. The molecule has 6 rings (SSSR count). The molecule has 4 heterocycles. The van der Waals surface area contributed by atoms with Gasteiger partial charge in [-0.3, -0.25) is 14.3 Å². The van der Waals surface area contributed by atoms with E-state index in [4.69, 9.17) is 4.98 Å². The van der Waals surface area contributed by atoms with E-state index in [0.29, 0.717) is 34.8 Å². The first-order valence-electron chi connectivity index (χ1n) is 13.4. The van der Waals surface area contributed by atoms with E-state index in [1.807, 2.05) is 67.1 Å². The number of para-hydroxylation sites is 2. The van der Waals surface area contributed by atoms with E-state index in [2.05, 4.69) is 10.4 Å². The van der Waals surface area contributed by atoms with Crippen LogP contribution in [0.4, 0.5) is 15.8 Å². The maximum Gasteiger partial charge on any atom is 0.276 e. The summed E-state index contributed by atoms with van der Waals surface area (Å²) in [4.78, 5) is 35.0. The van der Waals surface area contributed by atoms with Gasteiger partial charge in [0.05, 0.1) is 27.6 Å². The summed E-state index contributed by atoms with van der Waals surface area (Å²) >= 11 is 1.35. The van der Waals surface area contributed by atoms with Gasteiger partial charge < -0.3 is 10.2 Å². The number of fused-ring (bicyclic) bond motifs is 3. The minimum absolute atomic E-state index is 0.153. The molecular weight excluding hydrogens is 537 g/mol. The monoisotopic (exact) mass is 565 g/mol. The number of aromatic nitrogens is 3. The van der Waals surface area contributed by atoms with E-state index in [-0.39, 0.29) is 23.5 Å². The number of carbonyl (C=O) groups is 2. The van der Waals surface area contributed by atoms with Crippen LogP contribution < -0.4 is 10.2 Å². The molecule has 3 aromatic heterocycles. The summed E-state index contributed by atoms with van der Waals surface area (Å²) in [5, 5.41) is 7.14. The molecule has 0 saturated heterocycles. The molecule has 2 aromatic carbocycles. The van der Waals surface area contributed by atoms with Crippen molar-refractivity contribution in [3.05, 3.63) is 107 Å². The average molecular weight is 566 g/mol. The lowest BCUT2D eigenvalue weighted by Gasteiger charge is -2.23. The van der Waals surface area contributed by atoms with Crippen LogP contribution in [0.25, 0.3) is 21.8 Å². The van der Waals surface area contributed by atoms with Crippen molar-refractivity contribution in [2.24, 2.45) is 0 Å². The summed E-state index contributed by atoms with van der Waals surface area (Å²) < 4.78 is 16.3. The molecule has 206 valence electrons. The lowest BCUT2D eigenvalue weighted by atomic mass is 10.1. The number of hydrogen-bond donors (Lipinski definition) is 1. The van der Waals surface area contributed by atoms with Crippen molar-refractivity contribution in [1.29, 1.82) is 0 Å². The Bertz CT molecular complexity index is 1770. The zero-order valence-corrected chi connectivity index (χ0v) is 23.7. The standard InChI is InChI=1S/C32H28FN5O2S/c1-19(2)38-27(14-16-34-38)24-11-7-12-25(35-24)32(40)37-17-15-21-18-28(41-30(21)22-9-4-5-13-26(22)37)31(39)36-29-20(3)8-6-10-23(29)33/h4-14,16,18-19H,15,17H2,1-3H3,(H,36,39). The first-order valence-corrected chi connectivity index (χ1v) is 14.2. The van der Waals surface area contributed by atoms with Crippen LogP contribution in [0.1, 0.15) is 51.2 Å². The maximum absolute atomic E-state index is 14.4. The van der Waals surface area contributed by atoms with Crippen LogP contribution in [0.2, 0.25) is 0 Å². The van der Waals surface area contributed by atoms with E-state index in [0.717, 1.165) is 27.4 Å². The van der Waals surface area contributed by atoms with Gasteiger partial charge in [-0.15, -0.1) is 11.3 Å². The van der Waals surface area contributed by atoms with Gasteiger partial charge in [0.1, 0.15) is 11.5 Å². The van der Waals surface area contributed by atoms with Gasteiger partial charge in [0.15, 0.2) is 0 Å². The van der Waals surface area contributed by atoms with Gasteiger partial charge >= 0.3 is 0 Å². The zero-order valence-electron chi connectivity index (χ0n) is 22.9. The maximum atomic E-state index is 14.4. The SMILES string of the molecule is Cc1cccc(F)c1NC(=O)c1cc2c(s1)-c1ccccc1N(C(=O)c1cccc(-c3ccnn3C(C)C)n1)CC2. The van der Waals surface area contributed by atoms with E-state index in [1.54, 1.807) is 36.2 Å². The molecule has 7 nitrogen and oxygen atoms in total. The largest absolute Gasteiger partial charge is 0.319 e. The third kappa shape index (κ3) is 4.93. The minimum Gasteiger partial charge on any atom is -0.319 e. The number of amides is 2. The minimum atomic E-state index is -0.470. The molecule has 5 aromatic rings. The molecule has 0 spiro atoms. The summed E-state index contributed by atoms with van der Waals surface area (Å²) in [6.07, 6.45) is 2.29. The summed E-state index contributed by atoms with van der Waals surface area (Å²) in [6.45, 7) is 6.28. The van der Waals surface area contributed by atoms with Crippen LogP contribution in [0.5, 0.6) is 0 Å². The summed E-state index contributed by atoms with van der Waals surface area (Å²) in [5.74, 6) is -1.02. The number of hydrogen-bond acceptors (Lipinski definition) is 5. The Balaban J connectivity index is 1.32. The average Bonchev–Trinajstić information content (AvgIpc) is 3.61. The second-order valence-electron chi connectivity index (χ2n) is 10.2. The molecule has 41 heavy (non-hydrogen) atoms. The Morgan fingerprint density at radius 3 is 2.63 bits per heavy atom. The fraction of sp³-hybridized carbons (Fsp3) is 0.188. The molecule has 0 saturated carbocycles. The number of anilines is 2. The van der Waals surface area contributed by atoms with Crippen molar-refractivity contribution < 1.29 is 14.0 Å². The van der Waals surface area contributed by atoms with E-state index >= 15 is 0 Å². The Morgan fingerprint density at radius 2 is 1.83 bits per heavy atom. The fourth-order valence-corrected chi connectivity index (χ4v) is 6.29. The van der Waals surface area contributed by atoms with Crippen molar-refractivity contribution in [3.63, 3.8) is 0 Å². The van der Waals surface area contributed by atoms with Crippen molar-refractivity contribution >= 4 is 34.5 Å². The molecule has 1 N–H and O–H groups in total. The fourth-order valence-electron chi connectivity index (χ4n) is 5.15. The predicted octanol–water partition coefficient (Wildman–Crippen LogP) is 7.16. The first kappa shape index (κ1) is 26.6.